The quantitative estimate of drug-likeness (QED) is 0.460. The summed E-state index contributed by atoms with van der Waals surface area (Å²) in [6, 6.07) is 14.1. The molecule has 1 N–H and O–H groups in total. The van der Waals surface area contributed by atoms with Crippen LogP contribution >= 0.6 is 11.3 Å². The van der Waals surface area contributed by atoms with Crippen molar-refractivity contribution in [3.63, 3.8) is 0 Å². The van der Waals surface area contributed by atoms with E-state index in [1.807, 2.05) is 31.2 Å². The van der Waals surface area contributed by atoms with Gasteiger partial charge in [0.05, 0.1) is 6.61 Å². The molecule has 0 aliphatic rings. The van der Waals surface area contributed by atoms with Crippen molar-refractivity contribution in [1.29, 1.82) is 0 Å². The van der Waals surface area contributed by atoms with Crippen LogP contribution in [0.2, 0.25) is 0 Å². The fraction of sp³-hybridized carbons (Fsp3) is 0.217. The van der Waals surface area contributed by atoms with Crippen molar-refractivity contribution in [1.82, 2.24) is 10.3 Å². The molecule has 3 aromatic rings. The van der Waals surface area contributed by atoms with Crippen molar-refractivity contribution < 1.29 is 17.9 Å². The molecule has 0 aliphatic carbocycles. The largest absolute Gasteiger partial charge is 0.493 e. The topological polar surface area (TPSA) is 85.4 Å². The van der Waals surface area contributed by atoms with Gasteiger partial charge >= 0.3 is 0 Å². The molecule has 8 heteroatoms. The average molecular weight is 457 g/mol. The Morgan fingerprint density at radius 1 is 1.19 bits per heavy atom. The van der Waals surface area contributed by atoms with Crippen molar-refractivity contribution >= 4 is 33.2 Å². The van der Waals surface area contributed by atoms with Crippen LogP contribution in [-0.4, -0.2) is 32.5 Å². The summed E-state index contributed by atoms with van der Waals surface area (Å²) in [5, 5.41) is 3.50. The number of hydrogen-bond donors (Lipinski definition) is 1. The number of aromatic nitrogens is 1. The third kappa shape index (κ3) is 6.02. The van der Waals surface area contributed by atoms with Gasteiger partial charge in [0, 0.05) is 30.6 Å². The maximum Gasteiger partial charge on any atom is 0.244 e. The summed E-state index contributed by atoms with van der Waals surface area (Å²) in [7, 11) is -3.67. The van der Waals surface area contributed by atoms with E-state index in [1.165, 1.54) is 12.3 Å². The van der Waals surface area contributed by atoms with Gasteiger partial charge < -0.3 is 10.1 Å². The SMILES string of the molecule is CCCOc1ccccc1/C=C/C(=O)NCC(c1cccnc1)S(=O)(=O)c1cccs1. The Kier molecular flexibility index (Phi) is 7.97. The van der Waals surface area contributed by atoms with Gasteiger partial charge in [0.25, 0.3) is 0 Å². The molecule has 3 rings (SSSR count). The van der Waals surface area contributed by atoms with Crippen LogP contribution in [0.5, 0.6) is 5.75 Å². The Morgan fingerprint density at radius 2 is 2.03 bits per heavy atom. The highest BCUT2D eigenvalue weighted by Gasteiger charge is 2.30. The average Bonchev–Trinajstić information content (AvgIpc) is 3.33. The fourth-order valence-electron chi connectivity index (χ4n) is 2.92. The normalized spacial score (nSPS) is 12.5. The van der Waals surface area contributed by atoms with Crippen LogP contribution in [0.1, 0.15) is 29.7 Å². The van der Waals surface area contributed by atoms with Crippen molar-refractivity contribution in [3.05, 3.63) is 83.5 Å². The molecule has 1 atom stereocenters. The summed E-state index contributed by atoms with van der Waals surface area (Å²) in [5.41, 5.74) is 1.31. The summed E-state index contributed by atoms with van der Waals surface area (Å²) in [6.45, 7) is 2.54. The van der Waals surface area contributed by atoms with E-state index in [1.54, 1.807) is 41.9 Å². The first-order valence-electron chi connectivity index (χ1n) is 9.87. The van der Waals surface area contributed by atoms with E-state index in [9.17, 15) is 13.2 Å². The van der Waals surface area contributed by atoms with Gasteiger partial charge in [0.15, 0.2) is 9.84 Å². The molecule has 2 heterocycles. The zero-order chi connectivity index (χ0) is 22.1. The minimum Gasteiger partial charge on any atom is -0.493 e. The summed E-state index contributed by atoms with van der Waals surface area (Å²) in [4.78, 5) is 16.5. The molecule has 1 unspecified atom stereocenters. The minimum atomic E-state index is -3.67. The minimum absolute atomic E-state index is 0.0664. The zero-order valence-corrected chi connectivity index (χ0v) is 18.7. The first kappa shape index (κ1) is 22.7. The first-order chi connectivity index (χ1) is 15.0. The number of nitrogens with zero attached hydrogens (tertiary/aromatic N) is 1. The second-order valence-electron chi connectivity index (χ2n) is 6.72. The number of rotatable bonds is 10. The number of benzene rings is 1. The highest BCUT2D eigenvalue weighted by Crippen LogP contribution is 2.30. The van der Waals surface area contributed by atoms with E-state index in [0.717, 1.165) is 23.3 Å². The van der Waals surface area contributed by atoms with Crippen molar-refractivity contribution in [2.24, 2.45) is 0 Å². The second-order valence-corrected chi connectivity index (χ2v) is 10.0. The summed E-state index contributed by atoms with van der Waals surface area (Å²) >= 11 is 1.15. The number of sulfone groups is 1. The molecule has 2 aromatic heterocycles. The summed E-state index contributed by atoms with van der Waals surface area (Å²) in [5.74, 6) is 0.308. The molecule has 0 saturated heterocycles. The van der Waals surface area contributed by atoms with Crippen LogP contribution in [0.25, 0.3) is 6.08 Å². The first-order valence-corrected chi connectivity index (χ1v) is 12.3. The molecule has 1 aromatic carbocycles. The van der Waals surface area contributed by atoms with Crippen LogP contribution in [0, 0.1) is 0 Å². The maximum atomic E-state index is 13.1. The molecule has 1 amide bonds. The molecule has 0 radical (unpaired) electrons. The Morgan fingerprint density at radius 3 is 2.74 bits per heavy atom. The lowest BCUT2D eigenvalue weighted by molar-refractivity contribution is -0.116. The number of pyridine rings is 1. The molecule has 0 fully saturated rings. The van der Waals surface area contributed by atoms with Crippen LogP contribution in [0.3, 0.4) is 0 Å². The van der Waals surface area contributed by atoms with E-state index in [0.29, 0.717) is 17.9 Å². The Bertz CT molecular complexity index is 1110. The summed E-state index contributed by atoms with van der Waals surface area (Å²) < 4.78 is 32.2. The van der Waals surface area contributed by atoms with Crippen LogP contribution in [0.15, 0.2) is 76.6 Å². The lowest BCUT2D eigenvalue weighted by atomic mass is 10.2. The Balaban J connectivity index is 1.74. The molecule has 0 spiro atoms. The predicted molar refractivity (Wildman–Crippen MR) is 123 cm³/mol. The van der Waals surface area contributed by atoms with E-state index in [4.69, 9.17) is 4.74 Å². The van der Waals surface area contributed by atoms with Crippen LogP contribution in [0.4, 0.5) is 0 Å². The molecular formula is C23H24N2O4S2. The predicted octanol–water partition coefficient (Wildman–Crippen LogP) is 4.28. The van der Waals surface area contributed by atoms with Gasteiger partial charge in [-0.15, -0.1) is 11.3 Å². The Hall–Kier alpha value is -2.97. The smallest absolute Gasteiger partial charge is 0.244 e. The van der Waals surface area contributed by atoms with E-state index in [-0.39, 0.29) is 16.7 Å². The fourth-order valence-corrected chi connectivity index (χ4v) is 5.77. The Labute approximate surface area is 186 Å². The van der Waals surface area contributed by atoms with E-state index < -0.39 is 15.1 Å². The van der Waals surface area contributed by atoms with E-state index in [2.05, 4.69) is 10.3 Å². The van der Waals surface area contributed by atoms with Gasteiger partial charge in [0.2, 0.25) is 5.91 Å². The highest BCUT2D eigenvalue weighted by molar-refractivity contribution is 7.93. The molecule has 0 saturated carbocycles. The van der Waals surface area contributed by atoms with Gasteiger partial charge in [-0.05, 0) is 41.6 Å². The van der Waals surface area contributed by atoms with E-state index >= 15 is 0 Å². The van der Waals surface area contributed by atoms with Crippen molar-refractivity contribution in [2.75, 3.05) is 13.2 Å². The van der Waals surface area contributed by atoms with Crippen molar-refractivity contribution in [3.8, 4) is 5.75 Å². The molecular weight excluding hydrogens is 432 g/mol. The van der Waals surface area contributed by atoms with Gasteiger partial charge in [0.1, 0.15) is 15.2 Å². The van der Waals surface area contributed by atoms with Crippen LogP contribution in [-0.2, 0) is 14.6 Å². The monoisotopic (exact) mass is 456 g/mol. The standard InChI is InChI=1S/C23H24N2O4S2/c1-2-14-29-20-9-4-3-7-18(20)11-12-22(26)25-17-21(19-8-5-13-24-16-19)31(27,28)23-10-6-15-30-23/h3-13,15-16,21H,2,14,17H2,1H3,(H,25,26)/b12-11+. The van der Waals surface area contributed by atoms with Gasteiger partial charge in [-0.2, -0.15) is 0 Å². The van der Waals surface area contributed by atoms with Gasteiger partial charge in [-0.1, -0.05) is 37.3 Å². The second kappa shape index (κ2) is 10.9. The molecule has 6 nitrogen and oxygen atoms in total. The lowest BCUT2D eigenvalue weighted by Crippen LogP contribution is -2.30. The molecule has 0 bridgehead atoms. The number of ether oxygens (including phenoxy) is 1. The molecule has 0 aliphatic heterocycles. The number of hydrogen-bond acceptors (Lipinski definition) is 6. The number of carbonyl (C=O) groups excluding carboxylic acids is 1. The lowest BCUT2D eigenvalue weighted by Gasteiger charge is -2.17. The third-order valence-electron chi connectivity index (χ3n) is 4.46. The summed E-state index contributed by atoms with van der Waals surface area (Å²) in [6.07, 6.45) is 7.02. The van der Waals surface area contributed by atoms with Crippen molar-refractivity contribution in [2.45, 2.75) is 22.8 Å². The highest BCUT2D eigenvalue weighted by atomic mass is 32.2. The molecule has 31 heavy (non-hydrogen) atoms. The van der Waals surface area contributed by atoms with Crippen LogP contribution < -0.4 is 10.1 Å². The third-order valence-corrected chi connectivity index (χ3v) is 8.00. The number of thiophene rings is 1. The maximum absolute atomic E-state index is 13.1. The van der Waals surface area contributed by atoms with Gasteiger partial charge in [-0.25, -0.2) is 8.42 Å². The number of carbonyl (C=O) groups is 1. The number of amides is 1. The van der Waals surface area contributed by atoms with Gasteiger partial charge in [-0.3, -0.25) is 9.78 Å². The molecule has 162 valence electrons. The number of nitrogens with one attached hydrogen (secondary N) is 1. The zero-order valence-electron chi connectivity index (χ0n) is 17.1. The number of para-hydroxylation sites is 1.